The Labute approximate surface area is 125 Å². The van der Waals surface area contributed by atoms with Gasteiger partial charge in [-0.3, -0.25) is 0 Å². The number of rotatable bonds is 3. The summed E-state index contributed by atoms with van der Waals surface area (Å²) in [4.78, 5) is 2.43. The lowest BCUT2D eigenvalue weighted by Crippen LogP contribution is -2.22. The van der Waals surface area contributed by atoms with Gasteiger partial charge in [-0.2, -0.15) is 5.26 Å². The number of hydrogen-bond acceptors (Lipinski definition) is 3. The van der Waals surface area contributed by atoms with E-state index in [1.54, 1.807) is 7.11 Å². The molecule has 1 fully saturated rings. The molecule has 0 saturated carbocycles. The quantitative estimate of drug-likeness (QED) is 0.854. The predicted molar refractivity (Wildman–Crippen MR) is 83.5 cm³/mol. The molecular formula is C18H18N2O. The smallest absolute Gasteiger partial charge is 0.119 e. The van der Waals surface area contributed by atoms with E-state index in [0.29, 0.717) is 11.6 Å². The van der Waals surface area contributed by atoms with Crippen LogP contribution in [0.5, 0.6) is 5.75 Å². The second kappa shape index (κ2) is 5.88. The van der Waals surface area contributed by atoms with E-state index >= 15 is 0 Å². The molecule has 1 aliphatic rings. The van der Waals surface area contributed by atoms with Gasteiger partial charge in [0, 0.05) is 12.2 Å². The van der Waals surface area contributed by atoms with Gasteiger partial charge in [-0.15, -0.1) is 0 Å². The highest BCUT2D eigenvalue weighted by Crippen LogP contribution is 2.36. The van der Waals surface area contributed by atoms with E-state index < -0.39 is 0 Å². The first-order valence-electron chi connectivity index (χ1n) is 7.22. The number of hydrogen-bond donors (Lipinski definition) is 0. The molecule has 3 rings (SSSR count). The number of nitrogens with zero attached hydrogens (tertiary/aromatic N) is 2. The molecule has 1 atom stereocenters. The van der Waals surface area contributed by atoms with Gasteiger partial charge in [-0.05, 0) is 54.8 Å². The van der Waals surface area contributed by atoms with Gasteiger partial charge in [0.2, 0.25) is 0 Å². The molecule has 0 spiro atoms. The molecule has 0 amide bonds. The molecule has 3 heteroatoms. The number of anilines is 1. The number of benzene rings is 2. The highest BCUT2D eigenvalue weighted by Gasteiger charge is 2.26. The zero-order chi connectivity index (χ0) is 14.7. The van der Waals surface area contributed by atoms with Crippen LogP contribution in [-0.4, -0.2) is 13.7 Å². The van der Waals surface area contributed by atoms with Crippen LogP contribution in [0.1, 0.15) is 30.0 Å². The van der Waals surface area contributed by atoms with E-state index in [4.69, 9.17) is 10.00 Å². The van der Waals surface area contributed by atoms with Crippen LogP contribution in [-0.2, 0) is 0 Å². The van der Waals surface area contributed by atoms with Crippen LogP contribution < -0.4 is 9.64 Å². The monoisotopic (exact) mass is 278 g/mol. The predicted octanol–water partition coefficient (Wildman–Crippen LogP) is 3.91. The first-order chi connectivity index (χ1) is 10.3. The zero-order valence-corrected chi connectivity index (χ0v) is 12.1. The number of nitriles is 1. The fraction of sp³-hybridized carbons (Fsp3) is 0.278. The Kier molecular flexibility index (Phi) is 3.79. The third-order valence-corrected chi connectivity index (χ3v) is 4.08. The van der Waals surface area contributed by atoms with E-state index in [-0.39, 0.29) is 0 Å². The molecule has 1 aliphatic heterocycles. The van der Waals surface area contributed by atoms with E-state index in [0.717, 1.165) is 18.7 Å². The Balaban J connectivity index is 1.85. The molecule has 1 heterocycles. The second-order valence-electron chi connectivity index (χ2n) is 5.28. The van der Waals surface area contributed by atoms with Crippen LogP contribution in [0.15, 0.2) is 48.5 Å². The molecule has 1 unspecified atom stereocenters. The summed E-state index contributed by atoms with van der Waals surface area (Å²) in [5.41, 5.74) is 3.22. The Morgan fingerprint density at radius 2 is 1.81 bits per heavy atom. The van der Waals surface area contributed by atoms with Crippen LogP contribution in [0.2, 0.25) is 0 Å². The van der Waals surface area contributed by atoms with E-state index in [1.165, 1.54) is 17.7 Å². The molecule has 0 N–H and O–H groups in total. The van der Waals surface area contributed by atoms with Crippen molar-refractivity contribution < 1.29 is 4.74 Å². The normalized spacial score (nSPS) is 17.5. The minimum Gasteiger partial charge on any atom is -0.497 e. The third-order valence-electron chi connectivity index (χ3n) is 4.08. The maximum Gasteiger partial charge on any atom is 0.119 e. The van der Waals surface area contributed by atoms with Crippen LogP contribution >= 0.6 is 0 Å². The summed E-state index contributed by atoms with van der Waals surface area (Å²) in [6.07, 6.45) is 2.34. The van der Waals surface area contributed by atoms with Gasteiger partial charge in [0.05, 0.1) is 24.8 Å². The topological polar surface area (TPSA) is 36.3 Å². The Bertz CT molecular complexity index is 640. The molecular weight excluding hydrogens is 260 g/mol. The maximum atomic E-state index is 8.90. The number of ether oxygens (including phenoxy) is 1. The minimum absolute atomic E-state index is 0.395. The summed E-state index contributed by atoms with van der Waals surface area (Å²) in [6.45, 7) is 1.07. The van der Waals surface area contributed by atoms with Crippen molar-refractivity contribution in [2.45, 2.75) is 18.9 Å². The average molecular weight is 278 g/mol. The Morgan fingerprint density at radius 1 is 1.10 bits per heavy atom. The summed E-state index contributed by atoms with van der Waals surface area (Å²) >= 11 is 0. The molecule has 3 nitrogen and oxygen atoms in total. The molecule has 0 aromatic heterocycles. The average Bonchev–Trinajstić information content (AvgIpc) is 3.04. The molecule has 2 aromatic carbocycles. The van der Waals surface area contributed by atoms with Gasteiger partial charge in [0.1, 0.15) is 5.75 Å². The highest BCUT2D eigenvalue weighted by atomic mass is 16.5. The standard InChI is InChI=1S/C18H18N2O/c1-21-17-10-8-16(9-11-17)20-12-2-3-18(20)15-6-4-14(13-19)5-7-15/h4-11,18H,2-3,12H2,1H3. The van der Waals surface area contributed by atoms with Crippen molar-refractivity contribution >= 4 is 5.69 Å². The molecule has 0 aliphatic carbocycles. The zero-order valence-electron chi connectivity index (χ0n) is 12.1. The molecule has 0 bridgehead atoms. The van der Waals surface area contributed by atoms with E-state index in [1.807, 2.05) is 24.3 Å². The Morgan fingerprint density at radius 3 is 2.43 bits per heavy atom. The molecule has 0 radical (unpaired) electrons. The summed E-state index contributed by atoms with van der Waals surface area (Å²) in [7, 11) is 1.68. The van der Waals surface area contributed by atoms with Gasteiger partial charge < -0.3 is 9.64 Å². The Hall–Kier alpha value is -2.47. The summed E-state index contributed by atoms with van der Waals surface area (Å²) in [6, 6.07) is 18.8. The summed E-state index contributed by atoms with van der Waals surface area (Å²) in [5.74, 6) is 0.882. The van der Waals surface area contributed by atoms with Crippen molar-refractivity contribution in [2.75, 3.05) is 18.6 Å². The van der Waals surface area contributed by atoms with Crippen molar-refractivity contribution in [1.29, 1.82) is 5.26 Å². The van der Waals surface area contributed by atoms with Crippen LogP contribution in [0, 0.1) is 11.3 Å². The first kappa shape index (κ1) is 13.5. The minimum atomic E-state index is 0.395. The lowest BCUT2D eigenvalue weighted by atomic mass is 10.0. The van der Waals surface area contributed by atoms with Crippen molar-refractivity contribution in [1.82, 2.24) is 0 Å². The van der Waals surface area contributed by atoms with Gasteiger partial charge in [-0.1, -0.05) is 12.1 Å². The largest absolute Gasteiger partial charge is 0.497 e. The maximum absolute atomic E-state index is 8.90. The van der Waals surface area contributed by atoms with Gasteiger partial charge >= 0.3 is 0 Å². The van der Waals surface area contributed by atoms with Crippen LogP contribution in [0.3, 0.4) is 0 Å². The first-order valence-corrected chi connectivity index (χ1v) is 7.22. The fourth-order valence-electron chi connectivity index (χ4n) is 2.98. The molecule has 21 heavy (non-hydrogen) atoms. The van der Waals surface area contributed by atoms with Crippen molar-refractivity contribution in [2.24, 2.45) is 0 Å². The van der Waals surface area contributed by atoms with E-state index in [2.05, 4.69) is 35.2 Å². The molecule has 2 aromatic rings. The van der Waals surface area contributed by atoms with E-state index in [9.17, 15) is 0 Å². The summed E-state index contributed by atoms with van der Waals surface area (Å²) in [5, 5.41) is 8.90. The third kappa shape index (κ3) is 2.71. The lowest BCUT2D eigenvalue weighted by molar-refractivity contribution is 0.415. The highest BCUT2D eigenvalue weighted by molar-refractivity contribution is 5.52. The molecule has 1 saturated heterocycles. The van der Waals surface area contributed by atoms with Crippen molar-refractivity contribution in [3.63, 3.8) is 0 Å². The van der Waals surface area contributed by atoms with Gasteiger partial charge in [-0.25, -0.2) is 0 Å². The van der Waals surface area contributed by atoms with Crippen molar-refractivity contribution in [3.05, 3.63) is 59.7 Å². The fourth-order valence-corrected chi connectivity index (χ4v) is 2.98. The number of methoxy groups -OCH3 is 1. The SMILES string of the molecule is COc1ccc(N2CCCC2c2ccc(C#N)cc2)cc1. The van der Waals surface area contributed by atoms with Crippen LogP contribution in [0.25, 0.3) is 0 Å². The molecule has 106 valence electrons. The van der Waals surface area contributed by atoms with Crippen LogP contribution in [0.4, 0.5) is 5.69 Å². The summed E-state index contributed by atoms with van der Waals surface area (Å²) < 4.78 is 5.22. The van der Waals surface area contributed by atoms with Crippen molar-refractivity contribution in [3.8, 4) is 11.8 Å². The second-order valence-corrected chi connectivity index (χ2v) is 5.28. The lowest BCUT2D eigenvalue weighted by Gasteiger charge is -2.27. The van der Waals surface area contributed by atoms with Gasteiger partial charge in [0.15, 0.2) is 0 Å². The van der Waals surface area contributed by atoms with Gasteiger partial charge in [0.25, 0.3) is 0 Å².